The van der Waals surface area contributed by atoms with Crippen molar-refractivity contribution in [1.82, 2.24) is 0 Å². The van der Waals surface area contributed by atoms with Crippen LogP contribution in [0.15, 0.2) is 65.1 Å². The number of hydrogen-bond donors (Lipinski definition) is 2. The highest BCUT2D eigenvalue weighted by Crippen LogP contribution is 2.57. The summed E-state index contributed by atoms with van der Waals surface area (Å²) in [6.07, 6.45) is 0.669. The number of methoxy groups -OCH3 is 1. The van der Waals surface area contributed by atoms with Crippen molar-refractivity contribution in [3.05, 3.63) is 75.7 Å². The van der Waals surface area contributed by atoms with Gasteiger partial charge < -0.3 is 20.7 Å². The molecule has 0 aromatic heterocycles. The number of nitrogens with two attached hydrogens (primary N) is 1. The highest BCUT2D eigenvalue weighted by Gasteiger charge is 2.63. The highest BCUT2D eigenvalue weighted by atomic mass is 35.5. The van der Waals surface area contributed by atoms with Gasteiger partial charge in [0, 0.05) is 59.4 Å². The lowest BCUT2D eigenvalue weighted by molar-refractivity contribution is -0.138. The average Bonchev–Trinajstić information content (AvgIpc) is 3.09. The normalized spacial score (nSPS) is 22.2. The lowest BCUT2D eigenvalue weighted by Crippen LogP contribution is -2.54. The largest absolute Gasteiger partial charge is 0.466 e. The Morgan fingerprint density at radius 3 is 2.41 bits per heavy atom. The molecule has 0 saturated heterocycles. The maximum absolute atomic E-state index is 14.0. The molecule has 192 valence electrons. The molecule has 2 aromatic carbocycles. The Balaban J connectivity index is 1.89. The van der Waals surface area contributed by atoms with E-state index in [0.717, 1.165) is 5.69 Å². The van der Waals surface area contributed by atoms with E-state index in [1.807, 2.05) is 57.1 Å². The van der Waals surface area contributed by atoms with Crippen LogP contribution in [0.5, 0.6) is 0 Å². The van der Waals surface area contributed by atoms with Crippen molar-refractivity contribution in [2.24, 2.45) is 11.1 Å². The number of allylic oxidation sites excluding steroid dienone is 1. The van der Waals surface area contributed by atoms with Gasteiger partial charge in [-0.1, -0.05) is 25.4 Å². The van der Waals surface area contributed by atoms with E-state index in [9.17, 15) is 14.4 Å². The summed E-state index contributed by atoms with van der Waals surface area (Å²) in [4.78, 5) is 45.1. The van der Waals surface area contributed by atoms with E-state index in [-0.39, 0.29) is 29.2 Å². The van der Waals surface area contributed by atoms with Gasteiger partial charge in [-0.3, -0.25) is 14.5 Å². The molecule has 37 heavy (non-hydrogen) atoms. The number of Topliss-reactive ketones (excluding diaryl/α,β-unsaturated/α-hetero) is 1. The van der Waals surface area contributed by atoms with E-state index in [1.54, 1.807) is 23.1 Å². The first-order valence-corrected chi connectivity index (χ1v) is 12.3. The van der Waals surface area contributed by atoms with Crippen LogP contribution in [-0.2, 0) is 24.5 Å². The van der Waals surface area contributed by atoms with E-state index in [0.29, 0.717) is 34.1 Å². The fourth-order valence-electron chi connectivity index (χ4n) is 5.80. The fraction of sp³-hybridized carbons (Fsp3) is 0.321. The van der Waals surface area contributed by atoms with Crippen LogP contribution in [0.3, 0.4) is 0 Å². The first kappa shape index (κ1) is 24.9. The molecule has 1 aliphatic carbocycles. The lowest BCUT2D eigenvalue weighted by atomic mass is 9.60. The van der Waals surface area contributed by atoms with Gasteiger partial charge in [0.15, 0.2) is 5.78 Å². The van der Waals surface area contributed by atoms with Crippen LogP contribution in [0.2, 0.25) is 5.02 Å². The third-order valence-electron chi connectivity index (χ3n) is 7.36. The third kappa shape index (κ3) is 3.54. The van der Waals surface area contributed by atoms with E-state index in [1.165, 1.54) is 7.11 Å². The number of fused-ring (bicyclic) bond motifs is 3. The van der Waals surface area contributed by atoms with Gasteiger partial charge in [-0.2, -0.15) is 0 Å². The van der Waals surface area contributed by atoms with Crippen molar-refractivity contribution < 1.29 is 19.1 Å². The van der Waals surface area contributed by atoms with Crippen molar-refractivity contribution in [1.29, 1.82) is 0 Å². The molecule has 8 nitrogen and oxygen atoms in total. The molecule has 0 radical (unpaired) electrons. The smallest absolute Gasteiger partial charge is 0.339 e. The number of esters is 1. The number of ketones is 1. The van der Waals surface area contributed by atoms with Gasteiger partial charge in [-0.15, -0.1) is 0 Å². The number of carbonyl (C=O) groups excluding carboxylic acids is 3. The van der Waals surface area contributed by atoms with Crippen molar-refractivity contribution in [3.8, 4) is 0 Å². The number of nitrogens with one attached hydrogen (secondary N) is 1. The Morgan fingerprint density at radius 1 is 1.11 bits per heavy atom. The Bertz CT molecular complexity index is 1420. The summed E-state index contributed by atoms with van der Waals surface area (Å²) in [6, 6.07) is 12.5. The summed E-state index contributed by atoms with van der Waals surface area (Å²) in [5, 5.41) is 3.22. The maximum Gasteiger partial charge on any atom is 0.339 e. The molecular formula is C28H29ClN4O4. The molecule has 1 amide bonds. The van der Waals surface area contributed by atoms with Gasteiger partial charge in [0.05, 0.1) is 7.11 Å². The van der Waals surface area contributed by atoms with Crippen LogP contribution in [0, 0.1) is 5.41 Å². The minimum absolute atomic E-state index is 0.0386. The molecule has 2 aliphatic heterocycles. The molecule has 5 rings (SSSR count). The van der Waals surface area contributed by atoms with Crippen molar-refractivity contribution in [2.45, 2.75) is 32.1 Å². The van der Waals surface area contributed by atoms with Gasteiger partial charge in [-0.05, 0) is 54.3 Å². The van der Waals surface area contributed by atoms with Gasteiger partial charge in [-0.25, -0.2) is 4.79 Å². The van der Waals surface area contributed by atoms with Crippen LogP contribution < -0.4 is 20.9 Å². The number of amides is 1. The molecule has 0 bridgehead atoms. The molecule has 3 aliphatic rings. The third-order valence-corrected chi connectivity index (χ3v) is 7.59. The molecule has 2 aromatic rings. The Labute approximate surface area is 220 Å². The summed E-state index contributed by atoms with van der Waals surface area (Å²) in [5.74, 6) is -1.51. The predicted octanol–water partition coefficient (Wildman–Crippen LogP) is 4.10. The molecule has 1 spiro atoms. The zero-order valence-corrected chi connectivity index (χ0v) is 22.2. The molecule has 9 heteroatoms. The Kier molecular flexibility index (Phi) is 5.64. The minimum Gasteiger partial charge on any atom is -0.466 e. The van der Waals surface area contributed by atoms with Crippen molar-refractivity contribution in [3.63, 3.8) is 0 Å². The SMILES string of the molecule is COC(=O)C1=C(N)N(c2ccc(N(C)C)cc2)C2=C(C(=O)CC(C)(C)C2)C12C(=O)Nc1ccc(Cl)cc12. The predicted molar refractivity (Wildman–Crippen MR) is 143 cm³/mol. The summed E-state index contributed by atoms with van der Waals surface area (Å²) < 4.78 is 5.17. The second kappa shape index (κ2) is 8.38. The first-order chi connectivity index (χ1) is 17.4. The second-order valence-corrected chi connectivity index (χ2v) is 11.1. The van der Waals surface area contributed by atoms with Gasteiger partial charge in [0.1, 0.15) is 16.8 Å². The molecule has 2 heterocycles. The van der Waals surface area contributed by atoms with Crippen LogP contribution in [0.1, 0.15) is 32.3 Å². The van der Waals surface area contributed by atoms with E-state index < -0.39 is 22.7 Å². The van der Waals surface area contributed by atoms with Gasteiger partial charge in [0.2, 0.25) is 5.91 Å². The number of carbonyl (C=O) groups is 3. The number of anilines is 3. The zero-order valence-electron chi connectivity index (χ0n) is 21.4. The molecule has 3 N–H and O–H groups in total. The average molecular weight is 521 g/mol. The van der Waals surface area contributed by atoms with Crippen molar-refractivity contribution >= 4 is 46.3 Å². The Morgan fingerprint density at radius 2 is 1.78 bits per heavy atom. The number of rotatable bonds is 3. The number of halogens is 1. The van der Waals surface area contributed by atoms with E-state index >= 15 is 0 Å². The number of ether oxygens (including phenoxy) is 1. The monoisotopic (exact) mass is 520 g/mol. The van der Waals surface area contributed by atoms with Crippen LogP contribution in [0.25, 0.3) is 0 Å². The number of hydrogen-bond acceptors (Lipinski definition) is 7. The molecule has 1 atom stereocenters. The molecule has 0 fully saturated rings. The Hall–Kier alpha value is -3.78. The topological polar surface area (TPSA) is 105 Å². The maximum atomic E-state index is 14.0. The van der Waals surface area contributed by atoms with Gasteiger partial charge in [0.25, 0.3) is 0 Å². The number of benzene rings is 2. The molecular weight excluding hydrogens is 492 g/mol. The zero-order chi connectivity index (χ0) is 26.9. The second-order valence-electron chi connectivity index (χ2n) is 10.7. The highest BCUT2D eigenvalue weighted by molar-refractivity contribution is 6.31. The quantitative estimate of drug-likeness (QED) is 0.587. The summed E-state index contributed by atoms with van der Waals surface area (Å²) in [6.45, 7) is 4.01. The van der Waals surface area contributed by atoms with Crippen LogP contribution >= 0.6 is 11.6 Å². The molecule has 0 saturated carbocycles. The van der Waals surface area contributed by atoms with Crippen LogP contribution in [0.4, 0.5) is 17.1 Å². The van der Waals surface area contributed by atoms with E-state index in [4.69, 9.17) is 22.1 Å². The van der Waals surface area contributed by atoms with E-state index in [2.05, 4.69) is 5.32 Å². The minimum atomic E-state index is -1.78. The first-order valence-electron chi connectivity index (χ1n) is 12.0. The standard InChI is InChI=1S/C28H29ClN4O4/c1-27(2)13-20-22(21(34)14-27)28(18-12-15(29)6-11-19(18)31-26(28)36)23(25(35)37-5)24(30)33(20)17-9-7-16(8-10-17)32(3)4/h6-12H,13-14,30H2,1-5H3,(H,31,36). The van der Waals surface area contributed by atoms with Gasteiger partial charge >= 0.3 is 5.97 Å². The summed E-state index contributed by atoms with van der Waals surface area (Å²) in [7, 11) is 5.11. The van der Waals surface area contributed by atoms with Crippen molar-refractivity contribution in [2.75, 3.05) is 36.3 Å². The fourth-order valence-corrected chi connectivity index (χ4v) is 5.98. The summed E-state index contributed by atoms with van der Waals surface area (Å²) in [5.41, 5.74) is 7.89. The summed E-state index contributed by atoms with van der Waals surface area (Å²) >= 11 is 6.37. The van der Waals surface area contributed by atoms with Crippen LogP contribution in [-0.4, -0.2) is 38.9 Å². The lowest BCUT2D eigenvalue weighted by Gasteiger charge is -2.47. The molecule has 1 unspecified atom stereocenters. The number of nitrogens with zero attached hydrogens (tertiary/aromatic N) is 2.